The van der Waals surface area contributed by atoms with Gasteiger partial charge in [-0.05, 0) is 30.3 Å². The van der Waals surface area contributed by atoms with Gasteiger partial charge in [-0.3, -0.25) is 15.3 Å². The van der Waals surface area contributed by atoms with Crippen LogP contribution in [0, 0.1) is 5.41 Å². The van der Waals surface area contributed by atoms with Gasteiger partial charge in [-0.25, -0.2) is 14.3 Å². The summed E-state index contributed by atoms with van der Waals surface area (Å²) in [6.45, 7) is 0.292. The third kappa shape index (κ3) is 4.25. The first-order chi connectivity index (χ1) is 12.9. The van der Waals surface area contributed by atoms with Crippen molar-refractivity contribution >= 4 is 17.8 Å². The Labute approximate surface area is 152 Å². The van der Waals surface area contributed by atoms with Crippen LogP contribution in [0.25, 0.3) is 11.4 Å². The molecule has 12 heteroatoms. The Morgan fingerprint density at radius 1 is 1.15 bits per heavy atom. The summed E-state index contributed by atoms with van der Waals surface area (Å²) in [5.41, 5.74) is 11.6. The summed E-state index contributed by atoms with van der Waals surface area (Å²) in [7, 11) is 0. The molecule has 0 fully saturated rings. The number of anilines is 1. The fourth-order valence-electron chi connectivity index (χ4n) is 2.25. The van der Waals surface area contributed by atoms with Gasteiger partial charge in [0.05, 0.1) is 24.1 Å². The normalized spacial score (nSPS) is 10.4. The van der Waals surface area contributed by atoms with E-state index in [2.05, 4.69) is 25.9 Å². The van der Waals surface area contributed by atoms with Gasteiger partial charge in [0.1, 0.15) is 11.5 Å². The molecule has 2 aromatic heterocycles. The number of rotatable bonds is 5. The molecular weight excluding hydrogens is 352 g/mol. The fraction of sp³-hybridized carbons (Fsp3) is 0.0667. The molecule has 0 saturated heterocycles. The van der Waals surface area contributed by atoms with Crippen LogP contribution >= 0.6 is 0 Å². The van der Waals surface area contributed by atoms with Crippen molar-refractivity contribution in [3.8, 4) is 11.4 Å². The SMILES string of the molecule is N=C(N)NCc1cn(-c2ccc(-n3ccc(NC(N)=O)nc3=O)cc2)nn1. The summed E-state index contributed by atoms with van der Waals surface area (Å²) in [4.78, 5) is 26.7. The largest absolute Gasteiger partial charge is 0.370 e. The molecule has 0 aliphatic heterocycles. The molecule has 0 spiro atoms. The first kappa shape index (κ1) is 17.6. The van der Waals surface area contributed by atoms with E-state index in [-0.39, 0.29) is 11.8 Å². The van der Waals surface area contributed by atoms with Crippen LogP contribution in [0.3, 0.4) is 0 Å². The zero-order valence-electron chi connectivity index (χ0n) is 14.0. The van der Waals surface area contributed by atoms with Gasteiger partial charge < -0.3 is 16.8 Å². The summed E-state index contributed by atoms with van der Waals surface area (Å²) >= 11 is 0. The van der Waals surface area contributed by atoms with E-state index in [0.717, 1.165) is 5.69 Å². The fourth-order valence-corrected chi connectivity index (χ4v) is 2.25. The van der Waals surface area contributed by atoms with Gasteiger partial charge in [-0.2, -0.15) is 4.98 Å². The van der Waals surface area contributed by atoms with Crippen molar-refractivity contribution < 1.29 is 4.79 Å². The zero-order valence-corrected chi connectivity index (χ0v) is 14.0. The lowest BCUT2D eigenvalue weighted by Crippen LogP contribution is -2.29. The number of benzene rings is 1. The number of carbonyl (C=O) groups excluding carboxylic acids is 1. The maximum Gasteiger partial charge on any atom is 0.354 e. The number of carbonyl (C=O) groups is 1. The maximum atomic E-state index is 12.1. The molecule has 0 atom stereocenters. The van der Waals surface area contributed by atoms with Crippen molar-refractivity contribution in [2.45, 2.75) is 6.54 Å². The molecule has 1 aromatic carbocycles. The number of nitrogens with two attached hydrogens (primary N) is 2. The highest BCUT2D eigenvalue weighted by Gasteiger charge is 2.06. The van der Waals surface area contributed by atoms with Crippen LogP contribution in [-0.2, 0) is 6.54 Å². The van der Waals surface area contributed by atoms with Crippen LogP contribution in [0.4, 0.5) is 10.6 Å². The standard InChI is InChI=1S/C15H16N10O2/c16-13(17)19-7-9-8-25(23-22-9)11-3-1-10(2-4-11)24-6-5-12(20-14(18)26)21-15(24)27/h1-6,8H,7H2,(H4,16,17,19)(H3,18,20,21,26,27). The Morgan fingerprint density at radius 3 is 2.48 bits per heavy atom. The van der Waals surface area contributed by atoms with Crippen LogP contribution in [0.5, 0.6) is 0 Å². The third-order valence-electron chi connectivity index (χ3n) is 3.45. The highest BCUT2D eigenvalue weighted by molar-refractivity contribution is 5.86. The number of hydrogen-bond donors (Lipinski definition) is 5. The monoisotopic (exact) mass is 368 g/mol. The molecule has 2 amide bonds. The first-order valence-electron chi connectivity index (χ1n) is 7.68. The Hall–Kier alpha value is -4.22. The number of aromatic nitrogens is 5. The predicted molar refractivity (Wildman–Crippen MR) is 96.7 cm³/mol. The molecule has 0 aliphatic rings. The molecule has 0 aliphatic carbocycles. The summed E-state index contributed by atoms with van der Waals surface area (Å²) in [5, 5.41) is 20.0. The number of hydrogen-bond acceptors (Lipinski definition) is 6. The summed E-state index contributed by atoms with van der Waals surface area (Å²) < 4.78 is 2.88. The Bertz CT molecular complexity index is 1040. The van der Waals surface area contributed by atoms with Gasteiger partial charge in [0, 0.05) is 6.20 Å². The smallest absolute Gasteiger partial charge is 0.354 e. The van der Waals surface area contributed by atoms with Crippen LogP contribution in [-0.4, -0.2) is 36.5 Å². The molecule has 0 saturated carbocycles. The van der Waals surface area contributed by atoms with E-state index in [0.29, 0.717) is 17.9 Å². The molecule has 7 N–H and O–H groups in total. The molecule has 2 heterocycles. The number of nitrogens with zero attached hydrogens (tertiary/aromatic N) is 5. The van der Waals surface area contributed by atoms with Crippen molar-refractivity contribution in [1.82, 2.24) is 29.9 Å². The van der Waals surface area contributed by atoms with Gasteiger partial charge >= 0.3 is 11.7 Å². The highest BCUT2D eigenvalue weighted by atomic mass is 16.2. The molecule has 138 valence electrons. The molecule has 12 nitrogen and oxygen atoms in total. The lowest BCUT2D eigenvalue weighted by atomic mass is 10.2. The Kier molecular flexibility index (Phi) is 4.79. The summed E-state index contributed by atoms with van der Waals surface area (Å²) in [6.07, 6.45) is 3.18. The van der Waals surface area contributed by atoms with Crippen LogP contribution in [0.1, 0.15) is 5.69 Å². The van der Waals surface area contributed by atoms with E-state index in [9.17, 15) is 9.59 Å². The number of primary amides is 1. The lowest BCUT2D eigenvalue weighted by Gasteiger charge is -2.07. The molecular formula is C15H16N10O2. The minimum Gasteiger partial charge on any atom is -0.370 e. The quantitative estimate of drug-likeness (QED) is 0.291. The second-order valence-corrected chi connectivity index (χ2v) is 5.39. The van der Waals surface area contributed by atoms with Crippen molar-refractivity contribution in [2.24, 2.45) is 11.5 Å². The molecule has 0 unspecified atom stereocenters. The molecule has 27 heavy (non-hydrogen) atoms. The lowest BCUT2D eigenvalue weighted by molar-refractivity contribution is 0.259. The van der Waals surface area contributed by atoms with E-state index in [1.54, 1.807) is 35.1 Å². The average Bonchev–Trinajstić information content (AvgIpc) is 3.09. The summed E-state index contributed by atoms with van der Waals surface area (Å²) in [6, 6.07) is 7.62. The second-order valence-electron chi connectivity index (χ2n) is 5.39. The Balaban J connectivity index is 1.78. The van der Waals surface area contributed by atoms with Gasteiger partial charge in [-0.1, -0.05) is 5.21 Å². The van der Waals surface area contributed by atoms with E-state index in [1.165, 1.54) is 16.8 Å². The van der Waals surface area contributed by atoms with Crippen LogP contribution in [0.15, 0.2) is 47.5 Å². The number of urea groups is 1. The molecule has 3 rings (SSSR count). The van der Waals surface area contributed by atoms with Crippen LogP contribution in [0.2, 0.25) is 0 Å². The summed E-state index contributed by atoms with van der Waals surface area (Å²) in [5.74, 6) is -0.0697. The van der Waals surface area contributed by atoms with Crippen molar-refractivity contribution in [1.29, 1.82) is 5.41 Å². The number of nitrogens with one attached hydrogen (secondary N) is 3. The number of amides is 2. The Morgan fingerprint density at radius 2 is 1.85 bits per heavy atom. The van der Waals surface area contributed by atoms with Crippen LogP contribution < -0.4 is 27.8 Å². The van der Waals surface area contributed by atoms with E-state index in [4.69, 9.17) is 16.9 Å². The highest BCUT2D eigenvalue weighted by Crippen LogP contribution is 2.12. The van der Waals surface area contributed by atoms with Gasteiger partial charge in [0.25, 0.3) is 0 Å². The predicted octanol–water partition coefficient (Wildman–Crippen LogP) is -0.713. The van der Waals surface area contributed by atoms with E-state index < -0.39 is 11.7 Å². The zero-order chi connectivity index (χ0) is 19.4. The van der Waals surface area contributed by atoms with Gasteiger partial charge in [0.2, 0.25) is 0 Å². The van der Waals surface area contributed by atoms with Crippen molar-refractivity contribution in [3.63, 3.8) is 0 Å². The van der Waals surface area contributed by atoms with E-state index >= 15 is 0 Å². The average molecular weight is 368 g/mol. The van der Waals surface area contributed by atoms with Gasteiger partial charge in [0.15, 0.2) is 5.96 Å². The first-order valence-corrected chi connectivity index (χ1v) is 7.68. The second kappa shape index (κ2) is 7.35. The minimum absolute atomic E-state index is 0.0784. The minimum atomic E-state index is -0.797. The molecule has 0 bridgehead atoms. The van der Waals surface area contributed by atoms with Gasteiger partial charge in [-0.15, -0.1) is 5.10 Å². The third-order valence-corrected chi connectivity index (χ3v) is 3.45. The number of guanidine groups is 1. The van der Waals surface area contributed by atoms with Crippen molar-refractivity contribution in [2.75, 3.05) is 5.32 Å². The maximum absolute atomic E-state index is 12.1. The van der Waals surface area contributed by atoms with Crippen molar-refractivity contribution in [3.05, 3.63) is 58.9 Å². The topological polar surface area (TPSA) is 183 Å². The molecule has 3 aromatic rings. The molecule has 0 radical (unpaired) electrons. The van der Waals surface area contributed by atoms with E-state index in [1.807, 2.05) is 0 Å².